The molecule has 1 nitrogen and oxygen atoms in total. The summed E-state index contributed by atoms with van der Waals surface area (Å²) in [6.07, 6.45) is 4.11. The molecule has 2 heteroatoms. The molecule has 1 aliphatic rings. The zero-order valence-electron chi connectivity index (χ0n) is 11.9. The quantitative estimate of drug-likeness (QED) is 0.859. The molecule has 3 unspecified atom stereocenters. The first kappa shape index (κ1) is 13.1. The molecule has 1 saturated carbocycles. The summed E-state index contributed by atoms with van der Waals surface area (Å²) in [7, 11) is 2.08. The molecule has 1 aliphatic carbocycles. The van der Waals surface area contributed by atoms with Gasteiger partial charge < -0.3 is 5.32 Å². The minimum absolute atomic E-state index is 0.735. The molecule has 1 fully saturated rings. The van der Waals surface area contributed by atoms with E-state index in [1.807, 2.05) is 11.3 Å². The van der Waals surface area contributed by atoms with Gasteiger partial charge in [0.05, 0.1) is 0 Å². The third kappa shape index (κ3) is 2.56. The minimum Gasteiger partial charge on any atom is -0.319 e. The number of hydrogen-bond acceptors (Lipinski definition) is 2. The van der Waals surface area contributed by atoms with Crippen molar-refractivity contribution < 1.29 is 0 Å². The monoisotopic (exact) mass is 273 g/mol. The lowest BCUT2D eigenvalue weighted by Crippen LogP contribution is -2.30. The van der Waals surface area contributed by atoms with Gasteiger partial charge in [0.25, 0.3) is 0 Å². The molecule has 0 amide bonds. The van der Waals surface area contributed by atoms with E-state index in [0.29, 0.717) is 0 Å². The molecule has 0 spiro atoms. The smallest absolute Gasteiger partial charge is 0.0377 e. The lowest BCUT2D eigenvalue weighted by molar-refractivity contribution is 0.246. The van der Waals surface area contributed by atoms with Gasteiger partial charge in [0.15, 0.2) is 0 Å². The van der Waals surface area contributed by atoms with E-state index in [-0.39, 0.29) is 0 Å². The van der Waals surface area contributed by atoms with Crippen molar-refractivity contribution in [3.63, 3.8) is 0 Å². The molecule has 102 valence electrons. The molecule has 0 saturated heterocycles. The van der Waals surface area contributed by atoms with Gasteiger partial charge in [0.2, 0.25) is 0 Å². The van der Waals surface area contributed by atoms with Crippen LogP contribution in [0.2, 0.25) is 0 Å². The minimum atomic E-state index is 0.735. The maximum atomic E-state index is 3.40. The Balaban J connectivity index is 1.99. The number of benzene rings is 1. The van der Waals surface area contributed by atoms with Gasteiger partial charge in [-0.05, 0) is 66.6 Å². The Hall–Kier alpha value is -0.860. The molecule has 0 radical (unpaired) electrons. The molecular formula is C17H23NS. The Labute approximate surface area is 120 Å². The van der Waals surface area contributed by atoms with Crippen molar-refractivity contribution in [3.05, 3.63) is 35.2 Å². The maximum Gasteiger partial charge on any atom is 0.0377 e. The highest BCUT2D eigenvalue weighted by Crippen LogP contribution is 2.43. The largest absolute Gasteiger partial charge is 0.319 e. The van der Waals surface area contributed by atoms with E-state index in [9.17, 15) is 0 Å². The molecule has 3 atom stereocenters. The SMILES string of the molecule is CNCC1CCC(C)CC1c1cccc2ccsc12. The lowest BCUT2D eigenvalue weighted by atomic mass is 9.71. The Morgan fingerprint density at radius 3 is 3.00 bits per heavy atom. The Morgan fingerprint density at radius 1 is 1.26 bits per heavy atom. The van der Waals surface area contributed by atoms with Crippen LogP contribution in [0.4, 0.5) is 0 Å². The summed E-state index contributed by atoms with van der Waals surface area (Å²) in [4.78, 5) is 0. The second kappa shape index (κ2) is 5.64. The van der Waals surface area contributed by atoms with Gasteiger partial charge in [0.1, 0.15) is 0 Å². The van der Waals surface area contributed by atoms with Crippen LogP contribution in [0.5, 0.6) is 0 Å². The fraction of sp³-hybridized carbons (Fsp3) is 0.529. The zero-order chi connectivity index (χ0) is 13.2. The summed E-state index contributed by atoms with van der Waals surface area (Å²) in [6.45, 7) is 3.57. The molecule has 19 heavy (non-hydrogen) atoms. The molecular weight excluding hydrogens is 250 g/mol. The van der Waals surface area contributed by atoms with Crippen LogP contribution in [0.3, 0.4) is 0 Å². The number of rotatable bonds is 3. The highest BCUT2D eigenvalue weighted by atomic mass is 32.1. The van der Waals surface area contributed by atoms with E-state index < -0.39 is 0 Å². The van der Waals surface area contributed by atoms with Crippen molar-refractivity contribution in [1.29, 1.82) is 0 Å². The normalized spacial score (nSPS) is 27.8. The van der Waals surface area contributed by atoms with Crippen LogP contribution >= 0.6 is 11.3 Å². The van der Waals surface area contributed by atoms with Gasteiger partial charge in [0, 0.05) is 4.70 Å². The number of thiophene rings is 1. The third-order valence-electron chi connectivity index (χ3n) is 4.63. The predicted molar refractivity (Wildman–Crippen MR) is 85.0 cm³/mol. The first-order valence-corrected chi connectivity index (χ1v) is 8.28. The Bertz CT molecular complexity index is 545. The summed E-state index contributed by atoms with van der Waals surface area (Å²) in [5, 5.41) is 7.05. The first-order valence-electron chi connectivity index (χ1n) is 7.40. The molecule has 1 aromatic carbocycles. The van der Waals surface area contributed by atoms with E-state index in [1.54, 1.807) is 5.56 Å². The summed E-state index contributed by atoms with van der Waals surface area (Å²) in [5.74, 6) is 2.40. The summed E-state index contributed by atoms with van der Waals surface area (Å²) in [6, 6.07) is 9.10. The topological polar surface area (TPSA) is 12.0 Å². The summed E-state index contributed by atoms with van der Waals surface area (Å²) >= 11 is 1.91. The number of fused-ring (bicyclic) bond motifs is 1. The van der Waals surface area contributed by atoms with Gasteiger partial charge in [-0.25, -0.2) is 0 Å². The molecule has 0 aliphatic heterocycles. The molecule has 2 aromatic rings. The van der Waals surface area contributed by atoms with Crippen molar-refractivity contribution in [3.8, 4) is 0 Å². The predicted octanol–water partition coefficient (Wildman–Crippen LogP) is 4.64. The van der Waals surface area contributed by atoms with Crippen molar-refractivity contribution in [2.45, 2.75) is 32.1 Å². The second-order valence-corrected chi connectivity index (χ2v) is 6.94. The van der Waals surface area contributed by atoms with Crippen LogP contribution in [0.15, 0.2) is 29.6 Å². The van der Waals surface area contributed by atoms with Crippen LogP contribution in [0, 0.1) is 11.8 Å². The lowest BCUT2D eigenvalue weighted by Gasteiger charge is -2.35. The fourth-order valence-electron chi connectivity index (χ4n) is 3.64. The summed E-state index contributed by atoms with van der Waals surface area (Å²) < 4.78 is 1.52. The third-order valence-corrected chi connectivity index (χ3v) is 5.61. The Morgan fingerprint density at radius 2 is 2.16 bits per heavy atom. The van der Waals surface area contributed by atoms with Crippen LogP contribution in [-0.4, -0.2) is 13.6 Å². The summed E-state index contributed by atoms with van der Waals surface area (Å²) in [5.41, 5.74) is 1.60. The van der Waals surface area contributed by atoms with Crippen LogP contribution in [0.1, 0.15) is 37.7 Å². The highest BCUT2D eigenvalue weighted by Gasteiger charge is 2.30. The average Bonchev–Trinajstić information content (AvgIpc) is 2.89. The Kier molecular flexibility index (Phi) is 3.90. The van der Waals surface area contributed by atoms with Crippen molar-refractivity contribution >= 4 is 21.4 Å². The van der Waals surface area contributed by atoms with Gasteiger partial charge in [-0.2, -0.15) is 0 Å². The van der Waals surface area contributed by atoms with E-state index in [1.165, 1.54) is 29.3 Å². The molecule has 1 aromatic heterocycles. The van der Waals surface area contributed by atoms with Crippen molar-refractivity contribution in [2.24, 2.45) is 11.8 Å². The standard InChI is InChI=1S/C17H23NS/c1-12-6-7-14(11-18-2)16(10-12)15-5-3-4-13-8-9-19-17(13)15/h3-5,8-9,12,14,16,18H,6-7,10-11H2,1-2H3. The van der Waals surface area contributed by atoms with Crippen LogP contribution < -0.4 is 5.32 Å². The maximum absolute atomic E-state index is 3.40. The van der Waals surface area contributed by atoms with E-state index in [4.69, 9.17) is 0 Å². The van der Waals surface area contributed by atoms with Gasteiger partial charge in [-0.15, -0.1) is 11.3 Å². The van der Waals surface area contributed by atoms with Gasteiger partial charge in [-0.1, -0.05) is 31.5 Å². The van der Waals surface area contributed by atoms with Gasteiger partial charge >= 0.3 is 0 Å². The van der Waals surface area contributed by atoms with Crippen molar-refractivity contribution in [1.82, 2.24) is 5.32 Å². The van der Waals surface area contributed by atoms with Crippen molar-refractivity contribution in [2.75, 3.05) is 13.6 Å². The van der Waals surface area contributed by atoms with Crippen LogP contribution in [-0.2, 0) is 0 Å². The number of nitrogens with one attached hydrogen (secondary N) is 1. The van der Waals surface area contributed by atoms with Crippen LogP contribution in [0.25, 0.3) is 10.1 Å². The average molecular weight is 273 g/mol. The number of hydrogen-bond donors (Lipinski definition) is 1. The molecule has 1 heterocycles. The van der Waals surface area contributed by atoms with E-state index in [0.717, 1.165) is 24.3 Å². The fourth-order valence-corrected chi connectivity index (χ4v) is 4.62. The van der Waals surface area contributed by atoms with Gasteiger partial charge in [-0.3, -0.25) is 0 Å². The first-order chi connectivity index (χ1) is 9.29. The van der Waals surface area contributed by atoms with E-state index in [2.05, 4.69) is 48.9 Å². The highest BCUT2D eigenvalue weighted by molar-refractivity contribution is 7.17. The zero-order valence-corrected chi connectivity index (χ0v) is 12.7. The molecule has 1 N–H and O–H groups in total. The molecule has 0 bridgehead atoms. The van der Waals surface area contributed by atoms with E-state index >= 15 is 0 Å². The molecule has 3 rings (SSSR count). The second-order valence-electron chi connectivity index (χ2n) is 6.03.